The van der Waals surface area contributed by atoms with Crippen molar-refractivity contribution in [1.82, 2.24) is 10.2 Å². The first-order chi connectivity index (χ1) is 11.2. The highest BCUT2D eigenvalue weighted by Crippen LogP contribution is 2.17. The Hall–Kier alpha value is -3.15. The normalized spacial score (nSPS) is 11.0. The second-order valence-electron chi connectivity index (χ2n) is 4.76. The van der Waals surface area contributed by atoms with Crippen molar-refractivity contribution >= 4 is 12.0 Å². The summed E-state index contributed by atoms with van der Waals surface area (Å²) in [6.45, 7) is 1.75. The summed E-state index contributed by atoms with van der Waals surface area (Å²) < 4.78 is 15.8. The molecule has 0 aliphatic carbocycles. The molecule has 6 heteroatoms. The minimum absolute atomic E-state index is 0.0831. The van der Waals surface area contributed by atoms with Crippen molar-refractivity contribution in [3.05, 3.63) is 66.0 Å². The van der Waals surface area contributed by atoms with E-state index >= 15 is 0 Å². The van der Waals surface area contributed by atoms with Crippen molar-refractivity contribution in [3.63, 3.8) is 0 Å². The van der Waals surface area contributed by atoms with E-state index in [1.54, 1.807) is 12.1 Å². The Morgan fingerprint density at radius 3 is 2.70 bits per heavy atom. The molecule has 23 heavy (non-hydrogen) atoms. The van der Waals surface area contributed by atoms with Gasteiger partial charge in [0, 0.05) is 11.6 Å². The smallest absolute Gasteiger partial charge is 0.331 e. The van der Waals surface area contributed by atoms with E-state index in [4.69, 9.17) is 13.6 Å². The van der Waals surface area contributed by atoms with E-state index in [9.17, 15) is 4.79 Å². The van der Waals surface area contributed by atoms with Crippen molar-refractivity contribution in [3.8, 4) is 11.5 Å². The van der Waals surface area contributed by atoms with Gasteiger partial charge in [-0.2, -0.15) is 0 Å². The van der Waals surface area contributed by atoms with Crippen molar-refractivity contribution in [2.45, 2.75) is 13.5 Å². The van der Waals surface area contributed by atoms with Crippen LogP contribution in [0.25, 0.3) is 17.5 Å². The maximum atomic E-state index is 11.6. The number of esters is 1. The zero-order valence-corrected chi connectivity index (χ0v) is 12.4. The minimum Gasteiger partial charge on any atom is -0.462 e. The van der Waals surface area contributed by atoms with Gasteiger partial charge in [-0.1, -0.05) is 18.2 Å². The van der Waals surface area contributed by atoms with Crippen molar-refractivity contribution in [2.24, 2.45) is 0 Å². The number of carbonyl (C=O) groups is 1. The number of ether oxygens (including phenoxy) is 1. The Morgan fingerprint density at radius 1 is 1.13 bits per heavy atom. The van der Waals surface area contributed by atoms with Gasteiger partial charge in [-0.05, 0) is 37.3 Å². The quantitative estimate of drug-likeness (QED) is 0.531. The molecule has 2 aromatic heterocycles. The summed E-state index contributed by atoms with van der Waals surface area (Å²) in [5.41, 5.74) is 0.811. The van der Waals surface area contributed by atoms with Crippen LogP contribution in [0.1, 0.15) is 17.4 Å². The molecule has 0 atom stereocenters. The molecule has 0 aliphatic heterocycles. The predicted octanol–water partition coefficient (Wildman–Crippen LogP) is 3.39. The standard InChI is InChI=1S/C17H14N2O4/c1-12-7-8-14(22-12)9-10-16(20)21-11-15-18-19-17(23-15)13-5-3-2-4-6-13/h2-10H,11H2,1H3. The summed E-state index contributed by atoms with van der Waals surface area (Å²) in [5, 5.41) is 7.77. The molecule has 0 bridgehead atoms. The van der Waals surface area contributed by atoms with Gasteiger partial charge in [-0.3, -0.25) is 0 Å². The number of hydrogen-bond acceptors (Lipinski definition) is 6. The third-order valence-electron chi connectivity index (χ3n) is 2.97. The molecule has 0 spiro atoms. The zero-order valence-electron chi connectivity index (χ0n) is 12.4. The van der Waals surface area contributed by atoms with Crippen LogP contribution in [0.2, 0.25) is 0 Å². The summed E-state index contributed by atoms with van der Waals surface area (Å²) in [4.78, 5) is 11.6. The summed E-state index contributed by atoms with van der Waals surface area (Å²) in [5.74, 6) is 1.47. The Morgan fingerprint density at radius 2 is 1.96 bits per heavy atom. The van der Waals surface area contributed by atoms with E-state index < -0.39 is 5.97 Å². The molecule has 0 amide bonds. The Kier molecular flexibility index (Phi) is 4.33. The van der Waals surface area contributed by atoms with Crippen LogP contribution in [-0.4, -0.2) is 16.2 Å². The van der Waals surface area contributed by atoms with Crippen molar-refractivity contribution < 1.29 is 18.4 Å². The summed E-state index contributed by atoms with van der Waals surface area (Å²) in [6.07, 6.45) is 2.82. The summed E-state index contributed by atoms with van der Waals surface area (Å²) in [7, 11) is 0. The topological polar surface area (TPSA) is 78.4 Å². The molecule has 0 saturated heterocycles. The number of carbonyl (C=O) groups excluding carboxylic acids is 1. The Balaban J connectivity index is 1.55. The van der Waals surface area contributed by atoms with Crippen molar-refractivity contribution in [2.75, 3.05) is 0 Å². The molecule has 6 nitrogen and oxygen atoms in total. The number of aryl methyl sites for hydroxylation is 1. The van der Waals surface area contributed by atoms with Gasteiger partial charge in [-0.15, -0.1) is 10.2 Å². The number of benzene rings is 1. The lowest BCUT2D eigenvalue weighted by Crippen LogP contribution is -2.00. The maximum absolute atomic E-state index is 11.6. The second-order valence-corrected chi connectivity index (χ2v) is 4.76. The molecule has 0 radical (unpaired) electrons. The SMILES string of the molecule is Cc1ccc(C=CC(=O)OCc2nnc(-c3ccccc3)o2)o1. The fraction of sp³-hybridized carbons (Fsp3) is 0.118. The third-order valence-corrected chi connectivity index (χ3v) is 2.97. The fourth-order valence-electron chi connectivity index (χ4n) is 1.88. The first-order valence-electron chi connectivity index (χ1n) is 7.00. The number of hydrogen-bond donors (Lipinski definition) is 0. The highest BCUT2D eigenvalue weighted by atomic mass is 16.5. The van der Waals surface area contributed by atoms with Gasteiger partial charge in [-0.25, -0.2) is 4.79 Å². The first kappa shape index (κ1) is 14.8. The molecule has 0 aliphatic rings. The van der Waals surface area contributed by atoms with Crippen LogP contribution >= 0.6 is 0 Å². The highest BCUT2D eigenvalue weighted by Gasteiger charge is 2.09. The molecular formula is C17H14N2O4. The van der Waals surface area contributed by atoms with Gasteiger partial charge in [0.2, 0.25) is 5.89 Å². The second kappa shape index (κ2) is 6.74. The molecule has 0 saturated carbocycles. The lowest BCUT2D eigenvalue weighted by atomic mass is 10.2. The molecule has 1 aromatic carbocycles. The maximum Gasteiger partial charge on any atom is 0.331 e. The molecule has 0 unspecified atom stereocenters. The van der Waals surface area contributed by atoms with E-state index in [0.717, 1.165) is 11.3 Å². The molecule has 3 rings (SSSR count). The predicted molar refractivity (Wildman–Crippen MR) is 82.0 cm³/mol. The van der Waals surface area contributed by atoms with Crippen LogP contribution < -0.4 is 0 Å². The van der Waals surface area contributed by atoms with Crippen LogP contribution in [0.15, 0.2) is 57.4 Å². The van der Waals surface area contributed by atoms with E-state index in [0.29, 0.717) is 11.7 Å². The molecule has 0 fully saturated rings. The average Bonchev–Trinajstić information content (AvgIpc) is 3.21. The van der Waals surface area contributed by atoms with Crippen LogP contribution in [0, 0.1) is 6.92 Å². The van der Waals surface area contributed by atoms with Crippen LogP contribution in [-0.2, 0) is 16.1 Å². The van der Waals surface area contributed by atoms with E-state index in [1.807, 2.05) is 43.3 Å². The van der Waals surface area contributed by atoms with Gasteiger partial charge in [0.1, 0.15) is 11.5 Å². The van der Waals surface area contributed by atoms with Gasteiger partial charge in [0.05, 0.1) is 0 Å². The van der Waals surface area contributed by atoms with E-state index in [-0.39, 0.29) is 12.5 Å². The van der Waals surface area contributed by atoms with Crippen LogP contribution in [0.3, 0.4) is 0 Å². The van der Waals surface area contributed by atoms with Crippen LogP contribution in [0.5, 0.6) is 0 Å². The molecule has 3 aromatic rings. The Labute approximate surface area is 132 Å². The summed E-state index contributed by atoms with van der Waals surface area (Å²) in [6, 6.07) is 12.9. The van der Waals surface area contributed by atoms with E-state index in [2.05, 4.69) is 10.2 Å². The number of aromatic nitrogens is 2. The number of rotatable bonds is 5. The number of furan rings is 1. The van der Waals surface area contributed by atoms with E-state index in [1.165, 1.54) is 6.08 Å². The molecule has 116 valence electrons. The monoisotopic (exact) mass is 310 g/mol. The van der Waals surface area contributed by atoms with Gasteiger partial charge < -0.3 is 13.6 Å². The molecular weight excluding hydrogens is 296 g/mol. The Bertz CT molecular complexity index is 818. The fourth-order valence-corrected chi connectivity index (χ4v) is 1.88. The summed E-state index contributed by atoms with van der Waals surface area (Å²) >= 11 is 0. The van der Waals surface area contributed by atoms with Gasteiger partial charge in [0.15, 0.2) is 6.61 Å². The van der Waals surface area contributed by atoms with Crippen molar-refractivity contribution in [1.29, 1.82) is 0 Å². The zero-order chi connectivity index (χ0) is 16.1. The lowest BCUT2D eigenvalue weighted by molar-refractivity contribution is -0.139. The molecule has 2 heterocycles. The first-order valence-corrected chi connectivity index (χ1v) is 7.00. The highest BCUT2D eigenvalue weighted by molar-refractivity contribution is 5.86. The number of nitrogens with zero attached hydrogens (tertiary/aromatic N) is 2. The third kappa shape index (κ3) is 3.94. The van der Waals surface area contributed by atoms with Crippen LogP contribution in [0.4, 0.5) is 0 Å². The van der Waals surface area contributed by atoms with Gasteiger partial charge >= 0.3 is 5.97 Å². The minimum atomic E-state index is -0.515. The lowest BCUT2D eigenvalue weighted by Gasteiger charge is -1.96. The van der Waals surface area contributed by atoms with Gasteiger partial charge in [0.25, 0.3) is 5.89 Å². The largest absolute Gasteiger partial charge is 0.462 e. The molecule has 0 N–H and O–H groups in total. The average molecular weight is 310 g/mol.